The Morgan fingerprint density at radius 2 is 1.59 bits per heavy atom. The summed E-state index contributed by atoms with van der Waals surface area (Å²) in [6.45, 7) is 3.68. The average molecular weight is 389 g/mol. The first kappa shape index (κ1) is 19.8. The second-order valence-corrected chi connectivity index (χ2v) is 6.60. The number of nitro benzene ring substituents is 1. The molecule has 0 spiro atoms. The van der Waals surface area contributed by atoms with Crippen LogP contribution in [0.4, 0.5) is 5.69 Å². The number of esters is 1. The summed E-state index contributed by atoms with van der Waals surface area (Å²) in [7, 11) is 0. The van der Waals surface area contributed by atoms with Gasteiger partial charge in [0.25, 0.3) is 5.69 Å². The highest BCUT2D eigenvalue weighted by Crippen LogP contribution is 2.24. The first-order chi connectivity index (χ1) is 13.8. The van der Waals surface area contributed by atoms with E-state index in [1.165, 1.54) is 24.3 Å². The predicted molar refractivity (Wildman–Crippen MR) is 111 cm³/mol. The first-order valence-electron chi connectivity index (χ1n) is 8.88. The SMILES string of the molecule is Cc1cc(C=Cc2cccc(C(=O)Oc3ccc([N+](=O)[O-])cc3)c2)cc(C)c1O. The van der Waals surface area contributed by atoms with Crippen molar-refractivity contribution >= 4 is 23.8 Å². The molecule has 0 unspecified atom stereocenters. The van der Waals surface area contributed by atoms with Crippen LogP contribution in [0.25, 0.3) is 12.2 Å². The van der Waals surface area contributed by atoms with E-state index >= 15 is 0 Å². The molecule has 0 aliphatic carbocycles. The van der Waals surface area contributed by atoms with Gasteiger partial charge in [0.1, 0.15) is 11.5 Å². The van der Waals surface area contributed by atoms with Gasteiger partial charge in [-0.3, -0.25) is 10.1 Å². The second-order valence-electron chi connectivity index (χ2n) is 6.60. The molecule has 1 N–H and O–H groups in total. The van der Waals surface area contributed by atoms with E-state index in [1.54, 1.807) is 18.2 Å². The molecule has 6 nitrogen and oxygen atoms in total. The fraction of sp³-hybridized carbons (Fsp3) is 0.0870. The summed E-state index contributed by atoms with van der Waals surface area (Å²) in [6, 6.07) is 16.0. The molecule has 3 aromatic carbocycles. The van der Waals surface area contributed by atoms with Gasteiger partial charge in [-0.2, -0.15) is 0 Å². The Bertz CT molecular complexity index is 1080. The summed E-state index contributed by atoms with van der Waals surface area (Å²) in [4.78, 5) is 22.6. The average Bonchev–Trinajstić information content (AvgIpc) is 2.71. The lowest BCUT2D eigenvalue weighted by molar-refractivity contribution is -0.384. The van der Waals surface area contributed by atoms with Gasteiger partial charge in [-0.05, 0) is 72.5 Å². The minimum Gasteiger partial charge on any atom is -0.507 e. The van der Waals surface area contributed by atoms with E-state index in [2.05, 4.69) is 0 Å². The predicted octanol–water partition coefficient (Wildman–Crippen LogP) is 5.31. The summed E-state index contributed by atoms with van der Waals surface area (Å²) in [5, 5.41) is 20.6. The molecule has 0 radical (unpaired) electrons. The number of nitrogens with zero attached hydrogens (tertiary/aromatic N) is 1. The van der Waals surface area contributed by atoms with Crippen molar-refractivity contribution in [2.45, 2.75) is 13.8 Å². The Hall–Kier alpha value is -3.93. The lowest BCUT2D eigenvalue weighted by atomic mass is 10.0. The van der Waals surface area contributed by atoms with Gasteiger partial charge in [0.2, 0.25) is 0 Å². The Morgan fingerprint density at radius 3 is 2.21 bits per heavy atom. The molecule has 0 aromatic heterocycles. The zero-order valence-corrected chi connectivity index (χ0v) is 16.0. The van der Waals surface area contributed by atoms with Crippen LogP contribution in [0, 0.1) is 24.0 Å². The lowest BCUT2D eigenvalue weighted by Crippen LogP contribution is -2.08. The van der Waals surface area contributed by atoms with Crippen LogP contribution in [0.1, 0.15) is 32.6 Å². The Labute approximate surface area is 167 Å². The van der Waals surface area contributed by atoms with Crippen molar-refractivity contribution in [1.29, 1.82) is 0 Å². The molecule has 0 atom stereocenters. The van der Waals surface area contributed by atoms with Crippen LogP contribution in [-0.4, -0.2) is 16.0 Å². The van der Waals surface area contributed by atoms with Crippen LogP contribution < -0.4 is 4.74 Å². The molecular weight excluding hydrogens is 370 g/mol. The number of rotatable bonds is 5. The number of nitro groups is 1. The van der Waals surface area contributed by atoms with Crippen LogP contribution >= 0.6 is 0 Å². The molecule has 3 rings (SSSR count). The highest BCUT2D eigenvalue weighted by Gasteiger charge is 2.11. The number of hydrogen-bond acceptors (Lipinski definition) is 5. The maximum Gasteiger partial charge on any atom is 0.343 e. The molecule has 0 amide bonds. The fourth-order valence-electron chi connectivity index (χ4n) is 2.85. The fourth-order valence-corrected chi connectivity index (χ4v) is 2.85. The van der Waals surface area contributed by atoms with Crippen LogP contribution in [0.3, 0.4) is 0 Å². The molecule has 146 valence electrons. The van der Waals surface area contributed by atoms with Crippen LogP contribution in [0.15, 0.2) is 60.7 Å². The van der Waals surface area contributed by atoms with E-state index < -0.39 is 10.9 Å². The van der Waals surface area contributed by atoms with E-state index in [0.717, 1.165) is 22.3 Å². The van der Waals surface area contributed by atoms with Crippen LogP contribution in [-0.2, 0) is 0 Å². The molecule has 3 aromatic rings. The molecule has 0 aliphatic heterocycles. The summed E-state index contributed by atoms with van der Waals surface area (Å²) < 4.78 is 5.28. The van der Waals surface area contributed by atoms with Crippen LogP contribution in [0.5, 0.6) is 11.5 Å². The van der Waals surface area contributed by atoms with Gasteiger partial charge in [0.05, 0.1) is 10.5 Å². The van der Waals surface area contributed by atoms with E-state index in [4.69, 9.17) is 4.74 Å². The summed E-state index contributed by atoms with van der Waals surface area (Å²) in [6.07, 6.45) is 3.77. The number of hydrogen-bond donors (Lipinski definition) is 1. The van der Waals surface area contributed by atoms with Crippen LogP contribution in [0.2, 0.25) is 0 Å². The molecule has 0 aliphatic rings. The minimum atomic E-state index is -0.551. The molecule has 0 saturated heterocycles. The van der Waals surface area contributed by atoms with Gasteiger partial charge >= 0.3 is 5.97 Å². The third-order valence-electron chi connectivity index (χ3n) is 4.36. The van der Waals surface area contributed by atoms with Gasteiger partial charge < -0.3 is 9.84 Å². The van der Waals surface area contributed by atoms with E-state index in [0.29, 0.717) is 5.56 Å². The van der Waals surface area contributed by atoms with Crippen molar-refractivity contribution < 1.29 is 19.6 Å². The highest BCUT2D eigenvalue weighted by molar-refractivity contribution is 5.92. The Morgan fingerprint density at radius 1 is 0.966 bits per heavy atom. The molecule has 29 heavy (non-hydrogen) atoms. The third-order valence-corrected chi connectivity index (χ3v) is 4.36. The number of phenols is 1. The number of aryl methyl sites for hydroxylation is 2. The van der Waals surface area contributed by atoms with E-state index in [1.807, 2.05) is 44.2 Å². The van der Waals surface area contributed by atoms with Gasteiger partial charge in [-0.25, -0.2) is 4.79 Å². The van der Waals surface area contributed by atoms with E-state index in [-0.39, 0.29) is 17.2 Å². The van der Waals surface area contributed by atoms with Gasteiger partial charge in [0, 0.05) is 12.1 Å². The highest BCUT2D eigenvalue weighted by atomic mass is 16.6. The monoisotopic (exact) mass is 389 g/mol. The largest absolute Gasteiger partial charge is 0.507 e. The standard InChI is InChI=1S/C23H19NO5/c1-15-12-18(13-16(2)22(15)25)7-6-17-4-3-5-19(14-17)23(26)29-21-10-8-20(9-11-21)24(27)28/h3-14,25H,1-2H3. The lowest BCUT2D eigenvalue weighted by Gasteiger charge is -2.06. The van der Waals surface area contributed by atoms with Gasteiger partial charge in [0.15, 0.2) is 0 Å². The molecule has 0 heterocycles. The van der Waals surface area contributed by atoms with Crippen molar-refractivity contribution in [3.8, 4) is 11.5 Å². The number of phenolic OH excluding ortho intramolecular Hbond substituents is 1. The number of aromatic hydroxyl groups is 1. The molecule has 0 saturated carbocycles. The van der Waals surface area contributed by atoms with Crippen molar-refractivity contribution in [2.24, 2.45) is 0 Å². The zero-order chi connectivity index (χ0) is 21.0. The maximum absolute atomic E-state index is 12.4. The van der Waals surface area contributed by atoms with E-state index in [9.17, 15) is 20.0 Å². The van der Waals surface area contributed by atoms with Gasteiger partial charge in [-0.15, -0.1) is 0 Å². The number of carbonyl (C=O) groups is 1. The Balaban J connectivity index is 1.75. The Kier molecular flexibility index (Phi) is 5.74. The summed E-state index contributed by atoms with van der Waals surface area (Å²) in [5.41, 5.74) is 3.64. The second kappa shape index (κ2) is 8.39. The molecular formula is C23H19NO5. The third kappa shape index (κ3) is 4.87. The smallest absolute Gasteiger partial charge is 0.343 e. The summed E-state index contributed by atoms with van der Waals surface area (Å²) in [5.74, 6) is -0.0276. The van der Waals surface area contributed by atoms with Crippen molar-refractivity contribution in [2.75, 3.05) is 0 Å². The topological polar surface area (TPSA) is 89.7 Å². The number of non-ortho nitro benzene ring substituents is 1. The van der Waals surface area contributed by atoms with Gasteiger partial charge in [-0.1, -0.05) is 24.3 Å². The van der Waals surface area contributed by atoms with Crippen molar-refractivity contribution in [3.63, 3.8) is 0 Å². The number of benzene rings is 3. The molecule has 0 bridgehead atoms. The van der Waals surface area contributed by atoms with Crippen molar-refractivity contribution in [3.05, 3.63) is 98.6 Å². The normalized spacial score (nSPS) is 10.8. The minimum absolute atomic E-state index is 0.0726. The number of carbonyl (C=O) groups excluding carboxylic acids is 1. The quantitative estimate of drug-likeness (QED) is 0.210. The first-order valence-corrected chi connectivity index (χ1v) is 8.88. The molecule has 0 fully saturated rings. The van der Waals surface area contributed by atoms with Crippen molar-refractivity contribution in [1.82, 2.24) is 0 Å². The summed E-state index contributed by atoms with van der Waals surface area (Å²) >= 11 is 0. The zero-order valence-electron chi connectivity index (χ0n) is 16.0. The maximum atomic E-state index is 12.4. The number of ether oxygens (including phenoxy) is 1. The molecule has 6 heteroatoms.